The average molecular weight is 517 g/mol. The molecule has 1 aromatic carbocycles. The van der Waals surface area contributed by atoms with Crippen LogP contribution in [0.4, 0.5) is 16.2 Å². The second kappa shape index (κ2) is 14.9. The summed E-state index contributed by atoms with van der Waals surface area (Å²) in [5, 5.41) is 21.0. The fourth-order valence-corrected chi connectivity index (χ4v) is 4.36. The smallest absolute Gasteiger partial charge is 0.407 e. The maximum atomic E-state index is 12.7. The lowest BCUT2D eigenvalue weighted by atomic mass is 9.95. The highest BCUT2D eigenvalue weighted by atomic mass is 16.5. The van der Waals surface area contributed by atoms with Gasteiger partial charge in [-0.1, -0.05) is 32.3 Å². The van der Waals surface area contributed by atoms with Crippen LogP contribution < -0.4 is 26.2 Å². The van der Waals surface area contributed by atoms with Crippen molar-refractivity contribution in [1.82, 2.24) is 16.0 Å². The summed E-state index contributed by atoms with van der Waals surface area (Å²) in [7, 11) is 0. The molecular formula is C26H40N6O5. The Morgan fingerprint density at radius 1 is 1.22 bits per heavy atom. The Morgan fingerprint density at radius 3 is 2.73 bits per heavy atom. The summed E-state index contributed by atoms with van der Waals surface area (Å²) in [4.78, 5) is 42.9. The summed E-state index contributed by atoms with van der Waals surface area (Å²) in [5.74, 6) is -0.843. The summed E-state index contributed by atoms with van der Waals surface area (Å²) in [6.07, 6.45) is 5.39. The van der Waals surface area contributed by atoms with Gasteiger partial charge in [-0.3, -0.25) is 9.79 Å². The van der Waals surface area contributed by atoms with Gasteiger partial charge >= 0.3 is 12.1 Å². The topological polar surface area (TPSA) is 144 Å². The zero-order valence-electron chi connectivity index (χ0n) is 21.6. The Hall–Kier alpha value is -3.50. The maximum absolute atomic E-state index is 12.7. The van der Waals surface area contributed by atoms with Gasteiger partial charge in [0.05, 0.1) is 6.61 Å². The summed E-state index contributed by atoms with van der Waals surface area (Å²) in [6.45, 7) is 5.30. The normalized spacial score (nSPS) is 16.7. The lowest BCUT2D eigenvalue weighted by Crippen LogP contribution is -2.50. The van der Waals surface area contributed by atoms with Gasteiger partial charge in [0, 0.05) is 50.0 Å². The number of nitrogens with one attached hydrogen (secondary N) is 4. The standard InChI is InChI=1S/C26H40N6O5/c1-2-3-4-5-16-37-26(36)31-22(24(34)35)18-29-23(33)19-10-14-32(15-11-19)21-9-6-8-20(17-21)30-25-27-12-7-13-28-25/h6,8-9,17,19,22H,2-5,7,10-16,18H2,1H3,(H,29,33)(H,31,36)(H,34,35)(H2,27,28,30). The van der Waals surface area contributed by atoms with E-state index >= 15 is 0 Å². The zero-order chi connectivity index (χ0) is 26.5. The first-order valence-corrected chi connectivity index (χ1v) is 13.3. The molecule has 0 bridgehead atoms. The van der Waals surface area contributed by atoms with Crippen molar-refractivity contribution < 1.29 is 24.2 Å². The van der Waals surface area contributed by atoms with Crippen LogP contribution in [0.5, 0.6) is 0 Å². The Kier molecular flexibility index (Phi) is 11.3. The van der Waals surface area contributed by atoms with E-state index in [2.05, 4.69) is 44.1 Å². The Bertz CT molecular complexity index is 932. The minimum atomic E-state index is -1.24. The van der Waals surface area contributed by atoms with E-state index < -0.39 is 18.1 Å². The van der Waals surface area contributed by atoms with Gasteiger partial charge in [0.25, 0.3) is 0 Å². The second-order valence-electron chi connectivity index (χ2n) is 9.42. The van der Waals surface area contributed by atoms with Crippen LogP contribution in [-0.2, 0) is 14.3 Å². The summed E-state index contributed by atoms with van der Waals surface area (Å²) in [5.41, 5.74) is 2.03. The molecule has 0 spiro atoms. The van der Waals surface area contributed by atoms with Crippen LogP contribution in [0.2, 0.25) is 0 Å². The van der Waals surface area contributed by atoms with Gasteiger partial charge in [-0.05, 0) is 43.9 Å². The molecule has 1 fully saturated rings. The van der Waals surface area contributed by atoms with Gasteiger partial charge in [-0.2, -0.15) is 0 Å². The van der Waals surface area contributed by atoms with Crippen LogP contribution in [-0.4, -0.2) is 74.4 Å². The van der Waals surface area contributed by atoms with Crippen molar-refractivity contribution in [2.75, 3.05) is 49.5 Å². The maximum Gasteiger partial charge on any atom is 0.407 e. The number of amides is 2. The molecule has 37 heavy (non-hydrogen) atoms. The van der Waals surface area contributed by atoms with Crippen molar-refractivity contribution in [3.8, 4) is 0 Å². The van der Waals surface area contributed by atoms with E-state index in [0.29, 0.717) is 25.9 Å². The Balaban J connectivity index is 1.41. The molecule has 5 N–H and O–H groups in total. The molecule has 11 heteroatoms. The van der Waals surface area contributed by atoms with Crippen molar-refractivity contribution >= 4 is 35.3 Å². The zero-order valence-corrected chi connectivity index (χ0v) is 21.6. The highest BCUT2D eigenvalue weighted by Gasteiger charge is 2.27. The van der Waals surface area contributed by atoms with Crippen LogP contribution in [0.15, 0.2) is 29.3 Å². The molecule has 2 aliphatic heterocycles. The first kappa shape index (κ1) is 28.1. The third-order valence-electron chi connectivity index (χ3n) is 6.54. The molecule has 0 radical (unpaired) electrons. The van der Waals surface area contributed by atoms with Gasteiger partial charge in [0.2, 0.25) is 5.91 Å². The third kappa shape index (κ3) is 9.47. The number of piperidine rings is 1. The van der Waals surface area contributed by atoms with E-state index in [1.165, 1.54) is 0 Å². The van der Waals surface area contributed by atoms with E-state index in [4.69, 9.17) is 4.74 Å². The van der Waals surface area contributed by atoms with Gasteiger partial charge in [0.1, 0.15) is 6.04 Å². The van der Waals surface area contributed by atoms with E-state index in [1.807, 2.05) is 18.2 Å². The number of aliphatic imine (C=N–C) groups is 1. The minimum absolute atomic E-state index is 0.190. The predicted octanol–water partition coefficient (Wildman–Crippen LogP) is 2.54. The number of anilines is 2. The first-order chi connectivity index (χ1) is 18.0. The third-order valence-corrected chi connectivity index (χ3v) is 6.54. The van der Waals surface area contributed by atoms with E-state index in [0.717, 1.165) is 62.5 Å². The van der Waals surface area contributed by atoms with Gasteiger partial charge in [-0.25, -0.2) is 9.59 Å². The van der Waals surface area contributed by atoms with Crippen LogP contribution in [0, 0.1) is 5.92 Å². The summed E-state index contributed by atoms with van der Waals surface area (Å²) in [6, 6.07) is 6.87. The number of hydrogen-bond acceptors (Lipinski definition) is 8. The molecule has 1 unspecified atom stereocenters. The van der Waals surface area contributed by atoms with Crippen molar-refractivity contribution in [1.29, 1.82) is 0 Å². The molecular weight excluding hydrogens is 476 g/mol. The largest absolute Gasteiger partial charge is 0.480 e. The van der Waals surface area contributed by atoms with Gasteiger partial charge < -0.3 is 36.0 Å². The number of benzene rings is 1. The molecule has 2 heterocycles. The Morgan fingerprint density at radius 2 is 2.03 bits per heavy atom. The van der Waals surface area contributed by atoms with E-state index in [9.17, 15) is 19.5 Å². The van der Waals surface area contributed by atoms with Crippen molar-refractivity contribution in [3.63, 3.8) is 0 Å². The highest BCUT2D eigenvalue weighted by Crippen LogP contribution is 2.25. The van der Waals surface area contributed by atoms with Gasteiger partial charge in [-0.15, -0.1) is 0 Å². The lowest BCUT2D eigenvalue weighted by molar-refractivity contribution is -0.139. The number of carbonyl (C=O) groups is 3. The highest BCUT2D eigenvalue weighted by molar-refractivity contribution is 5.94. The van der Waals surface area contributed by atoms with Gasteiger partial charge in [0.15, 0.2) is 5.96 Å². The quantitative estimate of drug-likeness (QED) is 0.267. The Labute approximate surface area is 218 Å². The SMILES string of the molecule is CCCCCCOC(=O)NC(CNC(=O)C1CCN(c2cccc(NC3=NCCCN3)c2)CC1)C(=O)O. The molecule has 204 valence electrons. The molecule has 1 saturated heterocycles. The number of guanidine groups is 1. The summed E-state index contributed by atoms with van der Waals surface area (Å²) >= 11 is 0. The second-order valence-corrected chi connectivity index (χ2v) is 9.42. The van der Waals surface area contributed by atoms with Crippen molar-refractivity contribution in [2.45, 2.75) is 57.9 Å². The summed E-state index contributed by atoms with van der Waals surface area (Å²) < 4.78 is 5.05. The molecule has 3 rings (SSSR count). The number of ether oxygens (including phenoxy) is 1. The molecule has 0 aromatic heterocycles. The predicted molar refractivity (Wildman–Crippen MR) is 143 cm³/mol. The fraction of sp³-hybridized carbons (Fsp3) is 0.615. The number of rotatable bonds is 12. The van der Waals surface area contributed by atoms with E-state index in [-0.39, 0.29) is 25.0 Å². The molecule has 2 amide bonds. The number of carboxylic acid groups (broad SMARTS) is 1. The van der Waals surface area contributed by atoms with Crippen LogP contribution in [0.3, 0.4) is 0 Å². The van der Waals surface area contributed by atoms with Crippen molar-refractivity contribution in [3.05, 3.63) is 24.3 Å². The van der Waals surface area contributed by atoms with Crippen molar-refractivity contribution in [2.24, 2.45) is 10.9 Å². The monoisotopic (exact) mass is 516 g/mol. The molecule has 11 nitrogen and oxygen atoms in total. The number of alkyl carbamates (subject to hydrolysis) is 1. The number of aliphatic carboxylic acids is 1. The lowest BCUT2D eigenvalue weighted by Gasteiger charge is -2.33. The number of nitrogens with zero attached hydrogens (tertiary/aromatic N) is 2. The first-order valence-electron chi connectivity index (χ1n) is 13.3. The molecule has 0 aliphatic carbocycles. The molecule has 2 aliphatic rings. The number of carboxylic acids is 1. The van der Waals surface area contributed by atoms with Crippen LogP contribution in [0.1, 0.15) is 51.9 Å². The molecule has 1 atom stereocenters. The number of carbonyl (C=O) groups excluding carboxylic acids is 2. The van der Waals surface area contributed by atoms with Crippen LogP contribution >= 0.6 is 0 Å². The fourth-order valence-electron chi connectivity index (χ4n) is 4.36. The average Bonchev–Trinajstić information content (AvgIpc) is 2.91. The number of hydrogen-bond donors (Lipinski definition) is 5. The van der Waals surface area contributed by atoms with Crippen LogP contribution in [0.25, 0.3) is 0 Å². The minimum Gasteiger partial charge on any atom is -0.480 e. The van der Waals surface area contributed by atoms with E-state index in [1.54, 1.807) is 0 Å². The molecule has 0 saturated carbocycles. The molecule has 1 aromatic rings. The number of unbranched alkanes of at least 4 members (excludes halogenated alkanes) is 3.